The zero-order valence-electron chi connectivity index (χ0n) is 13.2. The number of ether oxygens (including phenoxy) is 2. The molecule has 0 aromatic heterocycles. The van der Waals surface area contributed by atoms with Crippen LogP contribution in [0.5, 0.6) is 11.5 Å². The fraction of sp³-hybridized carbons (Fsp3) is 0.333. The van der Waals surface area contributed by atoms with Crippen LogP contribution < -0.4 is 14.8 Å². The van der Waals surface area contributed by atoms with Gasteiger partial charge in [0.2, 0.25) is 0 Å². The van der Waals surface area contributed by atoms with E-state index in [-0.39, 0.29) is 0 Å². The third-order valence-electron chi connectivity index (χ3n) is 3.55. The van der Waals surface area contributed by atoms with Crippen molar-refractivity contribution < 1.29 is 9.47 Å². The first kappa shape index (κ1) is 15.4. The molecule has 0 bridgehead atoms. The summed E-state index contributed by atoms with van der Waals surface area (Å²) < 4.78 is 11.2. The molecule has 0 fully saturated rings. The van der Waals surface area contributed by atoms with Gasteiger partial charge in [-0.2, -0.15) is 0 Å². The lowest BCUT2D eigenvalue weighted by atomic mass is 9.99. The van der Waals surface area contributed by atoms with E-state index in [0.29, 0.717) is 0 Å². The van der Waals surface area contributed by atoms with Gasteiger partial charge in [0.1, 0.15) is 11.5 Å². The van der Waals surface area contributed by atoms with Gasteiger partial charge in [-0.1, -0.05) is 35.9 Å². The minimum atomic E-state index is 0.772. The maximum Gasteiger partial charge on any atom is 0.130 e. The van der Waals surface area contributed by atoms with Crippen molar-refractivity contribution in [2.45, 2.75) is 19.9 Å². The van der Waals surface area contributed by atoms with Gasteiger partial charge in [-0.15, -0.1) is 0 Å². The van der Waals surface area contributed by atoms with E-state index in [4.69, 9.17) is 9.47 Å². The van der Waals surface area contributed by atoms with Gasteiger partial charge in [0.05, 0.1) is 14.2 Å². The molecule has 2 aromatic rings. The second-order valence-corrected chi connectivity index (χ2v) is 5.13. The quantitative estimate of drug-likeness (QED) is 0.883. The van der Waals surface area contributed by atoms with Gasteiger partial charge in [-0.3, -0.25) is 0 Å². The molecule has 21 heavy (non-hydrogen) atoms. The lowest BCUT2D eigenvalue weighted by Crippen LogP contribution is -2.09. The van der Waals surface area contributed by atoms with Gasteiger partial charge in [0.25, 0.3) is 0 Å². The molecule has 0 saturated carbocycles. The lowest BCUT2D eigenvalue weighted by molar-refractivity contribution is 0.383. The summed E-state index contributed by atoms with van der Waals surface area (Å²) in [6, 6.07) is 12.6. The lowest BCUT2D eigenvalue weighted by Gasteiger charge is -2.17. The summed E-state index contributed by atoms with van der Waals surface area (Å²) >= 11 is 0. The summed E-state index contributed by atoms with van der Waals surface area (Å²) in [4.78, 5) is 0. The van der Waals surface area contributed by atoms with E-state index >= 15 is 0 Å². The fourth-order valence-corrected chi connectivity index (χ4v) is 2.63. The molecule has 0 spiro atoms. The molecule has 0 aliphatic carbocycles. The van der Waals surface area contributed by atoms with E-state index < -0.39 is 0 Å². The molecule has 3 heteroatoms. The van der Waals surface area contributed by atoms with Crippen LogP contribution in [0.15, 0.2) is 36.4 Å². The highest BCUT2D eigenvalue weighted by Gasteiger charge is 2.15. The third kappa shape index (κ3) is 3.56. The summed E-state index contributed by atoms with van der Waals surface area (Å²) in [5.74, 6) is 1.78. The van der Waals surface area contributed by atoms with Gasteiger partial charge in [-0.25, -0.2) is 0 Å². The molecule has 3 nitrogen and oxygen atoms in total. The second-order valence-electron chi connectivity index (χ2n) is 5.13. The van der Waals surface area contributed by atoms with Crippen LogP contribution in [0, 0.1) is 6.92 Å². The fourth-order valence-electron chi connectivity index (χ4n) is 2.63. The number of hydrogen-bond acceptors (Lipinski definition) is 3. The number of methoxy groups -OCH3 is 2. The van der Waals surface area contributed by atoms with E-state index in [2.05, 4.69) is 36.5 Å². The highest BCUT2D eigenvalue weighted by atomic mass is 16.5. The first-order valence-electron chi connectivity index (χ1n) is 7.12. The highest BCUT2D eigenvalue weighted by Crippen LogP contribution is 2.34. The molecule has 0 aliphatic heterocycles. The molecule has 1 N–H and O–H groups in total. The van der Waals surface area contributed by atoms with Crippen molar-refractivity contribution >= 4 is 0 Å². The van der Waals surface area contributed by atoms with Crippen molar-refractivity contribution in [2.75, 3.05) is 21.3 Å². The smallest absolute Gasteiger partial charge is 0.130 e. The number of aryl methyl sites for hydroxylation is 1. The van der Waals surface area contributed by atoms with Crippen molar-refractivity contribution in [2.24, 2.45) is 0 Å². The van der Waals surface area contributed by atoms with Gasteiger partial charge >= 0.3 is 0 Å². The van der Waals surface area contributed by atoms with Gasteiger partial charge in [0, 0.05) is 24.1 Å². The average Bonchev–Trinajstić information content (AvgIpc) is 2.48. The van der Waals surface area contributed by atoms with E-state index in [1.807, 2.05) is 19.2 Å². The molecule has 0 radical (unpaired) electrons. The van der Waals surface area contributed by atoms with Crippen LogP contribution in [0.25, 0.3) is 0 Å². The van der Waals surface area contributed by atoms with Gasteiger partial charge in [-0.05, 0) is 25.6 Å². The average molecular weight is 285 g/mol. The second kappa shape index (κ2) is 7.14. The van der Waals surface area contributed by atoms with Crippen LogP contribution in [0.2, 0.25) is 0 Å². The Morgan fingerprint density at radius 2 is 1.86 bits per heavy atom. The zero-order chi connectivity index (χ0) is 15.2. The van der Waals surface area contributed by atoms with Crippen LogP contribution in [0.3, 0.4) is 0 Å². The Morgan fingerprint density at radius 1 is 1.05 bits per heavy atom. The third-order valence-corrected chi connectivity index (χ3v) is 3.55. The van der Waals surface area contributed by atoms with Crippen molar-refractivity contribution in [3.05, 3.63) is 58.7 Å². The monoisotopic (exact) mass is 285 g/mol. The molecule has 0 aliphatic rings. The molecule has 0 amide bonds. The molecule has 0 saturated heterocycles. The summed E-state index contributed by atoms with van der Waals surface area (Å²) in [6.07, 6.45) is 0.797. The topological polar surface area (TPSA) is 30.5 Å². The Balaban J connectivity index is 2.46. The van der Waals surface area contributed by atoms with E-state index in [1.54, 1.807) is 14.2 Å². The van der Waals surface area contributed by atoms with Gasteiger partial charge < -0.3 is 14.8 Å². The van der Waals surface area contributed by atoms with Crippen LogP contribution in [-0.2, 0) is 13.0 Å². The predicted molar refractivity (Wildman–Crippen MR) is 86.3 cm³/mol. The number of rotatable bonds is 6. The summed E-state index contributed by atoms with van der Waals surface area (Å²) in [7, 11) is 5.35. The molecule has 0 heterocycles. The minimum Gasteiger partial charge on any atom is -0.496 e. The largest absolute Gasteiger partial charge is 0.496 e. The first-order chi connectivity index (χ1) is 10.2. The molecule has 2 rings (SSSR count). The highest BCUT2D eigenvalue weighted by molar-refractivity contribution is 5.52. The maximum absolute atomic E-state index is 5.65. The van der Waals surface area contributed by atoms with Crippen LogP contribution in [-0.4, -0.2) is 21.3 Å². The standard InChI is InChI=1S/C18H23NO2/c1-13-6-5-7-14(10-13)11-16-17(20-3)9-8-15(12-19-2)18(16)21-4/h5-10,19H,11-12H2,1-4H3. The Kier molecular flexibility index (Phi) is 5.23. The molecule has 112 valence electrons. The van der Waals surface area contributed by atoms with Crippen LogP contribution >= 0.6 is 0 Å². The van der Waals surface area contributed by atoms with Gasteiger partial charge in [0.15, 0.2) is 0 Å². The molecule has 0 unspecified atom stereocenters. The Morgan fingerprint density at radius 3 is 2.48 bits per heavy atom. The minimum absolute atomic E-state index is 0.772. The molecule has 0 atom stereocenters. The van der Waals surface area contributed by atoms with Crippen molar-refractivity contribution in [1.82, 2.24) is 5.32 Å². The Labute approximate surface area is 126 Å². The maximum atomic E-state index is 5.65. The SMILES string of the molecule is CNCc1ccc(OC)c(Cc2cccc(C)c2)c1OC. The molecular weight excluding hydrogens is 262 g/mol. The van der Waals surface area contributed by atoms with Crippen LogP contribution in [0.4, 0.5) is 0 Å². The summed E-state index contributed by atoms with van der Waals surface area (Å²) in [6.45, 7) is 2.88. The van der Waals surface area contributed by atoms with Crippen molar-refractivity contribution in [3.8, 4) is 11.5 Å². The van der Waals surface area contributed by atoms with Crippen molar-refractivity contribution in [1.29, 1.82) is 0 Å². The van der Waals surface area contributed by atoms with E-state index in [0.717, 1.165) is 35.6 Å². The Hall–Kier alpha value is -2.00. The molecular formula is C18H23NO2. The van der Waals surface area contributed by atoms with E-state index in [9.17, 15) is 0 Å². The van der Waals surface area contributed by atoms with Crippen LogP contribution in [0.1, 0.15) is 22.3 Å². The summed E-state index contributed by atoms with van der Waals surface area (Å²) in [5.41, 5.74) is 4.76. The van der Waals surface area contributed by atoms with Crippen molar-refractivity contribution in [3.63, 3.8) is 0 Å². The first-order valence-corrected chi connectivity index (χ1v) is 7.12. The predicted octanol–water partition coefficient (Wildman–Crippen LogP) is 3.32. The number of nitrogens with one attached hydrogen (secondary N) is 1. The number of benzene rings is 2. The normalized spacial score (nSPS) is 10.5. The number of hydrogen-bond donors (Lipinski definition) is 1. The molecule has 2 aromatic carbocycles. The summed E-state index contributed by atoms with van der Waals surface area (Å²) in [5, 5.41) is 3.18. The zero-order valence-corrected chi connectivity index (χ0v) is 13.2. The Bertz CT molecular complexity index is 608. The van der Waals surface area contributed by atoms with E-state index in [1.165, 1.54) is 11.1 Å².